The van der Waals surface area contributed by atoms with Crippen LogP contribution in [0.15, 0.2) is 29.6 Å². The Bertz CT molecular complexity index is 549. The van der Waals surface area contributed by atoms with Crippen molar-refractivity contribution < 1.29 is 13.2 Å². The first-order valence-corrected chi connectivity index (χ1v) is 6.61. The van der Waals surface area contributed by atoms with Gasteiger partial charge in [0.05, 0.1) is 16.3 Å². The van der Waals surface area contributed by atoms with Gasteiger partial charge in [-0.1, -0.05) is 18.2 Å². The highest BCUT2D eigenvalue weighted by Crippen LogP contribution is 2.29. The van der Waals surface area contributed by atoms with Crippen molar-refractivity contribution >= 4 is 11.3 Å². The van der Waals surface area contributed by atoms with Gasteiger partial charge in [0.1, 0.15) is 0 Å². The topological polar surface area (TPSA) is 24.9 Å². The van der Waals surface area contributed by atoms with E-state index in [1.165, 1.54) is 12.1 Å². The number of alkyl halides is 3. The molecule has 19 heavy (non-hydrogen) atoms. The highest BCUT2D eigenvalue weighted by Gasteiger charge is 2.30. The molecule has 102 valence electrons. The molecule has 0 aliphatic rings. The molecule has 0 unspecified atom stereocenters. The van der Waals surface area contributed by atoms with Gasteiger partial charge in [-0.15, -0.1) is 11.3 Å². The van der Waals surface area contributed by atoms with Crippen LogP contribution >= 0.6 is 11.3 Å². The summed E-state index contributed by atoms with van der Waals surface area (Å²) in [4.78, 5) is 4.27. The lowest BCUT2D eigenvalue weighted by Gasteiger charge is -2.09. The lowest BCUT2D eigenvalue weighted by molar-refractivity contribution is -0.137. The van der Waals surface area contributed by atoms with Crippen LogP contribution in [0.2, 0.25) is 0 Å². The first-order chi connectivity index (χ1) is 8.95. The quantitative estimate of drug-likeness (QED) is 0.925. The van der Waals surface area contributed by atoms with Crippen molar-refractivity contribution in [1.82, 2.24) is 10.3 Å². The molecule has 0 amide bonds. The van der Waals surface area contributed by atoms with Crippen LogP contribution < -0.4 is 5.32 Å². The molecule has 2 aromatic rings. The van der Waals surface area contributed by atoms with Crippen LogP contribution in [0.1, 0.15) is 21.8 Å². The molecule has 0 fully saturated rings. The number of hydrogen-bond donors (Lipinski definition) is 1. The van der Waals surface area contributed by atoms with E-state index in [1.807, 2.05) is 12.3 Å². The minimum atomic E-state index is -4.29. The molecule has 1 aromatic heterocycles. The molecule has 2 nitrogen and oxygen atoms in total. The normalized spacial score (nSPS) is 11.8. The minimum absolute atomic E-state index is 0.389. The van der Waals surface area contributed by atoms with Gasteiger partial charge in [0.2, 0.25) is 0 Å². The van der Waals surface area contributed by atoms with Crippen molar-refractivity contribution in [3.05, 3.63) is 51.5 Å². The molecule has 0 radical (unpaired) electrons. The molecular weight excluding hydrogens is 273 g/mol. The lowest BCUT2D eigenvalue weighted by atomic mass is 10.1. The fraction of sp³-hybridized carbons (Fsp3) is 0.308. The molecular formula is C13H13F3N2S. The van der Waals surface area contributed by atoms with Crippen molar-refractivity contribution in [3.8, 4) is 0 Å². The number of hydrogen-bond acceptors (Lipinski definition) is 3. The zero-order valence-corrected chi connectivity index (χ0v) is 11.1. The van der Waals surface area contributed by atoms with Gasteiger partial charge < -0.3 is 5.32 Å². The summed E-state index contributed by atoms with van der Waals surface area (Å²) >= 11 is 1.56. The van der Waals surface area contributed by atoms with Gasteiger partial charge in [0, 0.05) is 18.5 Å². The highest BCUT2D eigenvalue weighted by atomic mass is 32.1. The molecule has 0 bridgehead atoms. The molecule has 0 aliphatic heterocycles. The molecule has 0 aliphatic carbocycles. The van der Waals surface area contributed by atoms with Gasteiger partial charge >= 0.3 is 6.18 Å². The van der Waals surface area contributed by atoms with Crippen molar-refractivity contribution in [3.63, 3.8) is 0 Å². The Labute approximate surface area is 113 Å². The number of aryl methyl sites for hydroxylation is 1. The highest BCUT2D eigenvalue weighted by molar-refractivity contribution is 7.09. The van der Waals surface area contributed by atoms with Crippen LogP contribution in [0.3, 0.4) is 0 Å². The van der Waals surface area contributed by atoms with Gasteiger partial charge in [-0.05, 0) is 18.6 Å². The predicted octanol–water partition coefficient (Wildman–Crippen LogP) is 3.76. The number of thiazole rings is 1. The summed E-state index contributed by atoms with van der Waals surface area (Å²) < 4.78 is 37.6. The van der Waals surface area contributed by atoms with Gasteiger partial charge in [0.25, 0.3) is 0 Å². The van der Waals surface area contributed by atoms with E-state index in [4.69, 9.17) is 0 Å². The van der Waals surface area contributed by atoms with Crippen LogP contribution in [0, 0.1) is 6.92 Å². The fourth-order valence-corrected chi connectivity index (χ4v) is 2.29. The Morgan fingerprint density at radius 3 is 2.68 bits per heavy atom. The summed E-state index contributed by atoms with van der Waals surface area (Å²) in [7, 11) is 0. The number of rotatable bonds is 4. The van der Waals surface area contributed by atoms with Gasteiger partial charge in [-0.2, -0.15) is 13.2 Å². The molecule has 1 heterocycles. The zero-order valence-electron chi connectivity index (χ0n) is 10.3. The first kappa shape index (κ1) is 14.0. The molecule has 0 atom stereocenters. The number of nitrogens with one attached hydrogen (secondary N) is 1. The number of aromatic nitrogens is 1. The van der Waals surface area contributed by atoms with Crippen molar-refractivity contribution in [2.45, 2.75) is 26.2 Å². The van der Waals surface area contributed by atoms with Crippen LogP contribution in [0.5, 0.6) is 0 Å². The van der Waals surface area contributed by atoms with E-state index in [0.29, 0.717) is 18.7 Å². The van der Waals surface area contributed by atoms with Gasteiger partial charge in [0.15, 0.2) is 0 Å². The molecule has 2 rings (SSSR count). The minimum Gasteiger partial charge on any atom is -0.307 e. The van der Waals surface area contributed by atoms with E-state index in [1.54, 1.807) is 17.4 Å². The third kappa shape index (κ3) is 4.04. The standard InChI is InChI=1S/C13H13F3N2S/c1-9-18-12(8-19-9)7-17-6-10-3-2-4-11(5-10)13(14,15)16/h2-5,8,17H,6-7H2,1H3. The van der Waals surface area contributed by atoms with Crippen LogP contribution in [0.4, 0.5) is 13.2 Å². The molecule has 6 heteroatoms. The number of nitrogens with zero attached hydrogens (tertiary/aromatic N) is 1. The maximum Gasteiger partial charge on any atom is 0.416 e. The Balaban J connectivity index is 1.93. The monoisotopic (exact) mass is 286 g/mol. The van der Waals surface area contributed by atoms with Gasteiger partial charge in [-0.3, -0.25) is 0 Å². The second kappa shape index (κ2) is 5.71. The summed E-state index contributed by atoms with van der Waals surface area (Å²) in [5.74, 6) is 0. The van der Waals surface area contributed by atoms with Crippen LogP contribution in [-0.2, 0) is 19.3 Å². The summed E-state index contributed by atoms with van der Waals surface area (Å²) in [6.45, 7) is 2.86. The molecule has 0 saturated heterocycles. The van der Waals surface area contributed by atoms with E-state index >= 15 is 0 Å². The molecule has 1 aromatic carbocycles. The average Bonchev–Trinajstić information content (AvgIpc) is 2.74. The van der Waals surface area contributed by atoms with Crippen LogP contribution in [-0.4, -0.2) is 4.98 Å². The number of benzene rings is 1. The van der Waals surface area contributed by atoms with E-state index < -0.39 is 11.7 Å². The summed E-state index contributed by atoms with van der Waals surface area (Å²) in [5, 5.41) is 6.01. The molecule has 1 N–H and O–H groups in total. The fourth-order valence-electron chi connectivity index (χ4n) is 1.68. The maximum atomic E-state index is 12.5. The van der Waals surface area contributed by atoms with E-state index in [0.717, 1.165) is 16.8 Å². The smallest absolute Gasteiger partial charge is 0.307 e. The molecule has 0 saturated carbocycles. The number of halogens is 3. The predicted molar refractivity (Wildman–Crippen MR) is 68.8 cm³/mol. The maximum absolute atomic E-state index is 12.5. The largest absolute Gasteiger partial charge is 0.416 e. The Morgan fingerprint density at radius 2 is 2.05 bits per heavy atom. The van der Waals surface area contributed by atoms with Crippen molar-refractivity contribution in [2.75, 3.05) is 0 Å². The second-order valence-corrected chi connectivity index (χ2v) is 5.22. The second-order valence-electron chi connectivity index (χ2n) is 4.16. The average molecular weight is 286 g/mol. The first-order valence-electron chi connectivity index (χ1n) is 5.73. The Morgan fingerprint density at radius 1 is 1.26 bits per heavy atom. The van der Waals surface area contributed by atoms with Crippen LogP contribution in [0.25, 0.3) is 0 Å². The van der Waals surface area contributed by atoms with Crippen molar-refractivity contribution in [2.24, 2.45) is 0 Å². The SMILES string of the molecule is Cc1nc(CNCc2cccc(C(F)(F)F)c2)cs1. The Hall–Kier alpha value is -1.40. The summed E-state index contributed by atoms with van der Waals surface area (Å²) in [6.07, 6.45) is -4.29. The summed E-state index contributed by atoms with van der Waals surface area (Å²) in [5.41, 5.74) is 0.910. The molecule has 0 spiro atoms. The third-order valence-electron chi connectivity index (χ3n) is 2.56. The Kier molecular flexibility index (Phi) is 4.21. The zero-order chi connectivity index (χ0) is 13.9. The van der Waals surface area contributed by atoms with E-state index in [2.05, 4.69) is 10.3 Å². The van der Waals surface area contributed by atoms with Crippen molar-refractivity contribution in [1.29, 1.82) is 0 Å². The summed E-state index contributed by atoms with van der Waals surface area (Å²) in [6, 6.07) is 5.34. The van der Waals surface area contributed by atoms with Gasteiger partial charge in [-0.25, -0.2) is 4.98 Å². The lowest BCUT2D eigenvalue weighted by Crippen LogP contribution is -2.14. The van der Waals surface area contributed by atoms with E-state index in [-0.39, 0.29) is 0 Å². The van der Waals surface area contributed by atoms with E-state index in [9.17, 15) is 13.2 Å². The third-order valence-corrected chi connectivity index (χ3v) is 3.38.